The molecule has 0 aliphatic rings. The molecule has 0 heterocycles. The van der Waals surface area contributed by atoms with Crippen LogP contribution in [0.3, 0.4) is 0 Å². The van der Waals surface area contributed by atoms with Gasteiger partial charge in [-0.25, -0.2) is 13.2 Å². The van der Waals surface area contributed by atoms with Crippen LogP contribution >= 0.6 is 39.1 Å². The number of nitrogens with zero attached hydrogens (tertiary/aromatic N) is 1. The number of ether oxygens (including phenoxy) is 1. The summed E-state index contributed by atoms with van der Waals surface area (Å²) in [4.78, 5) is 25.0. The van der Waals surface area contributed by atoms with Crippen molar-refractivity contribution >= 4 is 66.7 Å². The Morgan fingerprint density at radius 2 is 1.68 bits per heavy atom. The molecule has 37 heavy (non-hydrogen) atoms. The number of hydrogen-bond acceptors (Lipinski definition) is 5. The Morgan fingerprint density at radius 1 is 1.00 bits per heavy atom. The Morgan fingerprint density at radius 3 is 2.30 bits per heavy atom. The van der Waals surface area contributed by atoms with E-state index in [2.05, 4.69) is 21.2 Å². The monoisotopic (exact) mass is 626 g/mol. The first-order valence-electron chi connectivity index (χ1n) is 11.4. The molecule has 3 aromatic rings. The first kappa shape index (κ1) is 29.1. The minimum absolute atomic E-state index is 0.0273. The van der Waals surface area contributed by atoms with Crippen LogP contribution in [0.25, 0.3) is 0 Å². The molecule has 0 radical (unpaired) electrons. The highest BCUT2D eigenvalue weighted by atomic mass is 79.9. The van der Waals surface area contributed by atoms with Crippen LogP contribution in [0.2, 0.25) is 10.0 Å². The van der Waals surface area contributed by atoms with Crippen molar-refractivity contribution < 1.29 is 22.7 Å². The number of sulfonamides is 1. The standard InChI is InChI=1S/C26H25BrCl2N2O5S/c1-2-3-14-36-26(33)18-5-10-22(11-6-18)30-25(32)17-31(16-19-4-9-21(28)15-24(19)29)37(34,35)23-12-7-20(27)8-13-23/h4-13,15H,2-3,14,16-17H2,1H3,(H,30,32). The third kappa shape index (κ3) is 8.28. The van der Waals surface area contributed by atoms with Gasteiger partial charge in [-0.1, -0.05) is 58.5 Å². The molecule has 0 atom stereocenters. The summed E-state index contributed by atoms with van der Waals surface area (Å²) in [6.45, 7) is 1.72. The van der Waals surface area contributed by atoms with Crippen molar-refractivity contribution in [3.63, 3.8) is 0 Å². The molecule has 3 aromatic carbocycles. The molecule has 7 nitrogen and oxygen atoms in total. The Labute approximate surface area is 234 Å². The Balaban J connectivity index is 1.78. The van der Waals surface area contributed by atoms with Crippen LogP contribution in [-0.4, -0.2) is 37.8 Å². The van der Waals surface area contributed by atoms with E-state index in [1.54, 1.807) is 36.4 Å². The van der Waals surface area contributed by atoms with E-state index in [1.165, 1.54) is 30.3 Å². The topological polar surface area (TPSA) is 92.8 Å². The summed E-state index contributed by atoms with van der Waals surface area (Å²) in [5.41, 5.74) is 1.25. The average Bonchev–Trinajstić information content (AvgIpc) is 2.86. The van der Waals surface area contributed by atoms with Gasteiger partial charge in [-0.2, -0.15) is 4.31 Å². The molecule has 0 aliphatic carbocycles. The maximum Gasteiger partial charge on any atom is 0.338 e. The molecule has 0 fully saturated rings. The molecule has 0 saturated carbocycles. The number of carbonyl (C=O) groups is 2. The van der Waals surface area contributed by atoms with E-state index in [9.17, 15) is 18.0 Å². The van der Waals surface area contributed by atoms with Gasteiger partial charge >= 0.3 is 5.97 Å². The van der Waals surface area contributed by atoms with Crippen molar-refractivity contribution in [2.24, 2.45) is 0 Å². The zero-order valence-electron chi connectivity index (χ0n) is 19.9. The number of unbranched alkanes of at least 4 members (excludes halogenated alkanes) is 1. The number of nitrogens with one attached hydrogen (secondary N) is 1. The van der Waals surface area contributed by atoms with E-state index in [-0.39, 0.29) is 16.5 Å². The van der Waals surface area contributed by atoms with Crippen LogP contribution in [-0.2, 0) is 26.1 Å². The fourth-order valence-corrected chi connectivity index (χ4v) is 5.37. The Hall–Kier alpha value is -2.43. The smallest absolute Gasteiger partial charge is 0.338 e. The van der Waals surface area contributed by atoms with Crippen molar-refractivity contribution in [3.05, 3.63) is 92.4 Å². The second-order valence-electron chi connectivity index (χ2n) is 8.08. The zero-order valence-corrected chi connectivity index (χ0v) is 23.8. The summed E-state index contributed by atoms with van der Waals surface area (Å²) < 4.78 is 33.8. The summed E-state index contributed by atoms with van der Waals surface area (Å²) in [5.74, 6) is -1.01. The molecule has 0 aromatic heterocycles. The lowest BCUT2D eigenvalue weighted by atomic mass is 10.2. The minimum atomic E-state index is -4.06. The fourth-order valence-electron chi connectivity index (χ4n) is 3.26. The van der Waals surface area contributed by atoms with Gasteiger partial charge in [-0.3, -0.25) is 4.79 Å². The number of benzene rings is 3. The van der Waals surface area contributed by atoms with Gasteiger partial charge in [0.2, 0.25) is 15.9 Å². The number of amides is 1. The van der Waals surface area contributed by atoms with Crippen molar-refractivity contribution in [1.82, 2.24) is 4.31 Å². The van der Waals surface area contributed by atoms with Crippen LogP contribution < -0.4 is 5.32 Å². The first-order valence-corrected chi connectivity index (χ1v) is 14.4. The molecule has 11 heteroatoms. The number of halogens is 3. The summed E-state index contributed by atoms with van der Waals surface area (Å²) in [5, 5.41) is 3.37. The maximum absolute atomic E-state index is 13.5. The summed E-state index contributed by atoms with van der Waals surface area (Å²) in [6.07, 6.45) is 1.69. The molecule has 196 valence electrons. The zero-order chi connectivity index (χ0) is 27.0. The highest BCUT2D eigenvalue weighted by Crippen LogP contribution is 2.26. The molecular formula is C26H25BrCl2N2O5S. The molecule has 0 saturated heterocycles. The minimum Gasteiger partial charge on any atom is -0.462 e. The van der Waals surface area contributed by atoms with Crippen LogP contribution in [0, 0.1) is 0 Å². The SMILES string of the molecule is CCCCOC(=O)c1ccc(NC(=O)CN(Cc2ccc(Cl)cc2Cl)S(=O)(=O)c2ccc(Br)cc2)cc1. The molecule has 0 unspecified atom stereocenters. The molecular weight excluding hydrogens is 603 g/mol. The number of rotatable bonds is 11. The lowest BCUT2D eigenvalue weighted by molar-refractivity contribution is -0.116. The van der Waals surface area contributed by atoms with Crippen LogP contribution in [0.15, 0.2) is 76.1 Å². The summed E-state index contributed by atoms with van der Waals surface area (Å²) in [6, 6.07) is 17.0. The predicted octanol–water partition coefficient (Wildman–Crippen LogP) is 6.54. The summed E-state index contributed by atoms with van der Waals surface area (Å²) >= 11 is 15.6. The lowest BCUT2D eigenvalue weighted by Crippen LogP contribution is -2.37. The van der Waals surface area contributed by atoms with E-state index in [0.29, 0.717) is 32.9 Å². The van der Waals surface area contributed by atoms with Crippen molar-refractivity contribution in [2.45, 2.75) is 31.2 Å². The lowest BCUT2D eigenvalue weighted by Gasteiger charge is -2.22. The highest BCUT2D eigenvalue weighted by molar-refractivity contribution is 9.10. The van der Waals surface area contributed by atoms with E-state index >= 15 is 0 Å². The van der Waals surface area contributed by atoms with Gasteiger partial charge in [0.05, 0.1) is 23.6 Å². The van der Waals surface area contributed by atoms with Crippen molar-refractivity contribution in [1.29, 1.82) is 0 Å². The fraction of sp³-hybridized carbons (Fsp3) is 0.231. The number of carbonyl (C=O) groups excluding carboxylic acids is 2. The third-order valence-electron chi connectivity index (χ3n) is 5.27. The van der Waals surface area contributed by atoms with E-state index < -0.39 is 28.4 Å². The van der Waals surface area contributed by atoms with Crippen LogP contribution in [0.5, 0.6) is 0 Å². The summed E-state index contributed by atoms with van der Waals surface area (Å²) in [7, 11) is -4.06. The predicted molar refractivity (Wildman–Crippen MR) is 148 cm³/mol. The Kier molecular flexibility index (Phi) is 10.5. The van der Waals surface area contributed by atoms with Gasteiger partial charge in [0, 0.05) is 26.8 Å². The third-order valence-corrected chi connectivity index (χ3v) is 8.19. The molecule has 1 N–H and O–H groups in total. The molecule has 3 rings (SSSR count). The van der Waals surface area contributed by atoms with Gasteiger partial charge < -0.3 is 10.1 Å². The van der Waals surface area contributed by atoms with Crippen molar-refractivity contribution in [3.8, 4) is 0 Å². The Bertz CT molecular complexity index is 1350. The van der Waals surface area contributed by atoms with E-state index in [1.807, 2.05) is 6.92 Å². The van der Waals surface area contributed by atoms with Gasteiger partial charge in [-0.15, -0.1) is 0 Å². The van der Waals surface area contributed by atoms with Crippen LogP contribution in [0.4, 0.5) is 5.69 Å². The van der Waals surface area contributed by atoms with Gasteiger partial charge in [0.1, 0.15) is 0 Å². The van der Waals surface area contributed by atoms with Gasteiger partial charge in [0.15, 0.2) is 0 Å². The van der Waals surface area contributed by atoms with E-state index in [4.69, 9.17) is 27.9 Å². The molecule has 0 aliphatic heterocycles. The molecule has 1 amide bonds. The van der Waals surface area contributed by atoms with Gasteiger partial charge in [-0.05, 0) is 72.6 Å². The second-order valence-corrected chi connectivity index (χ2v) is 11.8. The normalized spacial score (nSPS) is 11.4. The molecule has 0 bridgehead atoms. The quantitative estimate of drug-likeness (QED) is 0.192. The largest absolute Gasteiger partial charge is 0.462 e. The second kappa shape index (κ2) is 13.4. The van der Waals surface area contributed by atoms with Crippen molar-refractivity contribution in [2.75, 3.05) is 18.5 Å². The highest BCUT2D eigenvalue weighted by Gasteiger charge is 2.28. The number of hydrogen-bond donors (Lipinski definition) is 1. The first-order chi connectivity index (χ1) is 17.6. The average molecular weight is 628 g/mol. The molecule has 0 spiro atoms. The van der Waals surface area contributed by atoms with Gasteiger partial charge in [0.25, 0.3) is 0 Å². The number of anilines is 1. The maximum atomic E-state index is 13.5. The van der Waals surface area contributed by atoms with E-state index in [0.717, 1.165) is 17.1 Å². The number of esters is 1. The van der Waals surface area contributed by atoms with Crippen LogP contribution in [0.1, 0.15) is 35.7 Å².